The molecule has 0 atom stereocenters. The standard InChI is InChI=1S/C18H24N2O/c1-13-9-14(12-19-5)10-17(20-13)21-16-8-6-7-15(11-16)18(2,3)4/h6-11,19H,12H2,1-5H3. The van der Waals surface area contributed by atoms with Crippen LogP contribution in [0.4, 0.5) is 0 Å². The zero-order valence-corrected chi connectivity index (χ0v) is 13.5. The molecule has 0 radical (unpaired) electrons. The SMILES string of the molecule is CNCc1cc(C)nc(Oc2cccc(C(C)(C)C)c2)c1. The Morgan fingerprint density at radius 2 is 1.90 bits per heavy atom. The van der Waals surface area contributed by atoms with E-state index in [-0.39, 0.29) is 5.41 Å². The quantitative estimate of drug-likeness (QED) is 0.913. The van der Waals surface area contributed by atoms with Crippen LogP contribution in [0.5, 0.6) is 11.6 Å². The average molecular weight is 284 g/mol. The average Bonchev–Trinajstić information content (AvgIpc) is 2.37. The Balaban J connectivity index is 2.26. The molecule has 0 saturated carbocycles. The zero-order valence-electron chi connectivity index (χ0n) is 13.5. The number of pyridine rings is 1. The maximum Gasteiger partial charge on any atom is 0.219 e. The zero-order chi connectivity index (χ0) is 15.5. The maximum absolute atomic E-state index is 5.94. The van der Waals surface area contributed by atoms with Crippen molar-refractivity contribution in [1.82, 2.24) is 10.3 Å². The van der Waals surface area contributed by atoms with Gasteiger partial charge in [-0.25, -0.2) is 4.98 Å². The van der Waals surface area contributed by atoms with Gasteiger partial charge in [-0.15, -0.1) is 0 Å². The van der Waals surface area contributed by atoms with Crippen LogP contribution in [0.1, 0.15) is 37.6 Å². The molecule has 0 aliphatic rings. The van der Waals surface area contributed by atoms with E-state index in [1.165, 1.54) is 11.1 Å². The molecule has 2 rings (SSSR count). The summed E-state index contributed by atoms with van der Waals surface area (Å²) in [6.45, 7) is 9.38. The Bertz CT molecular complexity index is 615. The van der Waals surface area contributed by atoms with E-state index in [4.69, 9.17) is 4.74 Å². The van der Waals surface area contributed by atoms with E-state index in [9.17, 15) is 0 Å². The van der Waals surface area contributed by atoms with Gasteiger partial charge in [-0.2, -0.15) is 0 Å². The van der Waals surface area contributed by atoms with Crippen LogP contribution in [-0.4, -0.2) is 12.0 Å². The Kier molecular flexibility index (Phi) is 4.63. The summed E-state index contributed by atoms with van der Waals surface area (Å²) >= 11 is 0. The van der Waals surface area contributed by atoms with Gasteiger partial charge in [0.1, 0.15) is 5.75 Å². The van der Waals surface area contributed by atoms with E-state index >= 15 is 0 Å². The first-order valence-corrected chi connectivity index (χ1v) is 7.29. The molecule has 2 aromatic rings. The van der Waals surface area contributed by atoms with Crippen molar-refractivity contribution in [3.63, 3.8) is 0 Å². The number of aromatic nitrogens is 1. The predicted molar refractivity (Wildman–Crippen MR) is 87.0 cm³/mol. The van der Waals surface area contributed by atoms with Crippen molar-refractivity contribution < 1.29 is 4.74 Å². The lowest BCUT2D eigenvalue weighted by Crippen LogP contribution is -2.10. The summed E-state index contributed by atoms with van der Waals surface area (Å²) in [7, 11) is 1.93. The van der Waals surface area contributed by atoms with Gasteiger partial charge in [-0.1, -0.05) is 32.9 Å². The molecule has 0 aliphatic carbocycles. The van der Waals surface area contributed by atoms with Gasteiger partial charge in [0.15, 0.2) is 0 Å². The van der Waals surface area contributed by atoms with Crippen molar-refractivity contribution in [2.45, 2.75) is 39.7 Å². The predicted octanol–water partition coefficient (Wildman–Crippen LogP) is 4.20. The molecule has 0 amide bonds. The summed E-state index contributed by atoms with van der Waals surface area (Å²) in [6, 6.07) is 12.3. The minimum atomic E-state index is 0.108. The first-order chi connectivity index (χ1) is 9.88. The molecule has 1 aromatic carbocycles. The van der Waals surface area contributed by atoms with Crippen LogP contribution in [-0.2, 0) is 12.0 Å². The monoisotopic (exact) mass is 284 g/mol. The summed E-state index contributed by atoms with van der Waals surface area (Å²) in [5.41, 5.74) is 3.50. The highest BCUT2D eigenvalue weighted by molar-refractivity contribution is 5.36. The molecule has 112 valence electrons. The van der Waals surface area contributed by atoms with E-state index in [1.54, 1.807) is 0 Å². The van der Waals surface area contributed by atoms with Crippen LogP contribution in [0.25, 0.3) is 0 Å². The van der Waals surface area contributed by atoms with Crippen LogP contribution in [0.15, 0.2) is 36.4 Å². The highest BCUT2D eigenvalue weighted by Gasteiger charge is 2.14. The van der Waals surface area contributed by atoms with Crippen molar-refractivity contribution in [1.29, 1.82) is 0 Å². The van der Waals surface area contributed by atoms with Crippen LogP contribution in [0, 0.1) is 6.92 Å². The molecule has 1 heterocycles. The molecule has 1 aromatic heterocycles. The van der Waals surface area contributed by atoms with E-state index in [0.29, 0.717) is 5.88 Å². The second kappa shape index (κ2) is 6.27. The van der Waals surface area contributed by atoms with E-state index in [0.717, 1.165) is 18.0 Å². The minimum Gasteiger partial charge on any atom is -0.439 e. The normalized spacial score (nSPS) is 11.5. The van der Waals surface area contributed by atoms with Crippen LogP contribution >= 0.6 is 0 Å². The number of nitrogens with zero attached hydrogens (tertiary/aromatic N) is 1. The van der Waals surface area contributed by atoms with Gasteiger partial charge in [0.2, 0.25) is 5.88 Å². The number of hydrogen-bond donors (Lipinski definition) is 1. The lowest BCUT2D eigenvalue weighted by atomic mass is 9.87. The van der Waals surface area contributed by atoms with Crippen molar-refractivity contribution in [2.75, 3.05) is 7.05 Å². The fourth-order valence-electron chi connectivity index (χ4n) is 2.21. The topological polar surface area (TPSA) is 34.2 Å². The molecule has 0 bridgehead atoms. The van der Waals surface area contributed by atoms with Crippen molar-refractivity contribution >= 4 is 0 Å². The molecular weight excluding hydrogens is 260 g/mol. The van der Waals surface area contributed by atoms with Gasteiger partial charge < -0.3 is 10.1 Å². The van der Waals surface area contributed by atoms with E-state index < -0.39 is 0 Å². The van der Waals surface area contributed by atoms with E-state index in [2.05, 4.69) is 49.3 Å². The third-order valence-corrected chi connectivity index (χ3v) is 3.29. The molecular formula is C18H24N2O. The van der Waals surface area contributed by atoms with Crippen molar-refractivity contribution in [3.05, 3.63) is 53.2 Å². The summed E-state index contributed by atoms with van der Waals surface area (Å²) in [5.74, 6) is 1.47. The smallest absolute Gasteiger partial charge is 0.219 e. The van der Waals surface area contributed by atoms with Gasteiger partial charge in [0, 0.05) is 18.3 Å². The first kappa shape index (κ1) is 15.5. The van der Waals surface area contributed by atoms with Crippen LogP contribution < -0.4 is 10.1 Å². The van der Waals surface area contributed by atoms with Crippen LogP contribution in [0.3, 0.4) is 0 Å². The number of nitrogens with one attached hydrogen (secondary N) is 1. The second-order valence-corrected chi connectivity index (χ2v) is 6.37. The minimum absolute atomic E-state index is 0.108. The molecule has 21 heavy (non-hydrogen) atoms. The molecule has 0 fully saturated rings. The maximum atomic E-state index is 5.94. The second-order valence-electron chi connectivity index (χ2n) is 6.37. The molecule has 1 N–H and O–H groups in total. The summed E-state index contributed by atoms with van der Waals surface area (Å²) < 4.78 is 5.94. The Morgan fingerprint density at radius 1 is 1.14 bits per heavy atom. The van der Waals surface area contributed by atoms with Gasteiger partial charge in [-0.3, -0.25) is 0 Å². The van der Waals surface area contributed by atoms with Gasteiger partial charge in [0.05, 0.1) is 0 Å². The number of rotatable bonds is 4. The Morgan fingerprint density at radius 3 is 2.57 bits per heavy atom. The Labute approximate surface area is 127 Å². The lowest BCUT2D eigenvalue weighted by molar-refractivity contribution is 0.457. The summed E-state index contributed by atoms with van der Waals surface area (Å²) in [6.07, 6.45) is 0. The fraction of sp³-hybridized carbons (Fsp3) is 0.389. The highest BCUT2D eigenvalue weighted by atomic mass is 16.5. The first-order valence-electron chi connectivity index (χ1n) is 7.29. The molecule has 0 unspecified atom stereocenters. The van der Waals surface area contributed by atoms with Gasteiger partial charge in [-0.05, 0) is 48.7 Å². The lowest BCUT2D eigenvalue weighted by Gasteiger charge is -2.19. The van der Waals surface area contributed by atoms with Crippen molar-refractivity contribution in [3.8, 4) is 11.6 Å². The molecule has 3 heteroatoms. The van der Waals surface area contributed by atoms with Crippen LogP contribution in [0.2, 0.25) is 0 Å². The number of aryl methyl sites for hydroxylation is 1. The number of benzene rings is 1. The number of hydrogen-bond acceptors (Lipinski definition) is 3. The highest BCUT2D eigenvalue weighted by Crippen LogP contribution is 2.28. The van der Waals surface area contributed by atoms with Gasteiger partial charge in [0.25, 0.3) is 0 Å². The summed E-state index contributed by atoms with van der Waals surface area (Å²) in [4.78, 5) is 4.45. The van der Waals surface area contributed by atoms with Crippen molar-refractivity contribution in [2.24, 2.45) is 0 Å². The van der Waals surface area contributed by atoms with Gasteiger partial charge >= 0.3 is 0 Å². The third-order valence-electron chi connectivity index (χ3n) is 3.29. The number of ether oxygens (including phenoxy) is 1. The molecule has 0 aliphatic heterocycles. The largest absolute Gasteiger partial charge is 0.439 e. The van der Waals surface area contributed by atoms with E-state index in [1.807, 2.05) is 32.2 Å². The molecule has 0 saturated heterocycles. The molecule has 0 spiro atoms. The molecule has 3 nitrogen and oxygen atoms in total. The summed E-state index contributed by atoms with van der Waals surface area (Å²) in [5, 5.41) is 3.15. The Hall–Kier alpha value is -1.87. The fourth-order valence-corrected chi connectivity index (χ4v) is 2.21. The third kappa shape index (κ3) is 4.30.